The lowest BCUT2D eigenvalue weighted by molar-refractivity contribution is 0.122. The van der Waals surface area contributed by atoms with E-state index >= 15 is 0 Å². The number of aromatic nitrogens is 2. The van der Waals surface area contributed by atoms with Crippen LogP contribution in [-0.2, 0) is 4.74 Å². The van der Waals surface area contributed by atoms with Crippen molar-refractivity contribution in [3.63, 3.8) is 0 Å². The van der Waals surface area contributed by atoms with Gasteiger partial charge in [0.05, 0.1) is 31.6 Å². The third-order valence-electron chi connectivity index (χ3n) is 4.26. The highest BCUT2D eigenvalue weighted by Gasteiger charge is 2.19. The number of fused-ring (bicyclic) bond motifs is 1. The number of anilines is 1. The van der Waals surface area contributed by atoms with Gasteiger partial charge in [-0.15, -0.1) is 0 Å². The highest BCUT2D eigenvalue weighted by atomic mass is 16.5. The van der Waals surface area contributed by atoms with Gasteiger partial charge in [0.25, 0.3) is 0 Å². The molecule has 0 bridgehead atoms. The Labute approximate surface area is 147 Å². The van der Waals surface area contributed by atoms with Crippen LogP contribution < -0.4 is 9.64 Å². The maximum absolute atomic E-state index is 6.09. The lowest BCUT2D eigenvalue weighted by atomic mass is 10.1. The van der Waals surface area contributed by atoms with Crippen LogP contribution in [0.4, 0.5) is 5.82 Å². The fraction of sp³-hybridized carbons (Fsp3) is 0.421. The van der Waals surface area contributed by atoms with Gasteiger partial charge in [-0.1, -0.05) is 6.08 Å². The summed E-state index contributed by atoms with van der Waals surface area (Å²) in [4.78, 5) is 16.2. The summed E-state index contributed by atoms with van der Waals surface area (Å²) in [5, 5.41) is 0.971. The molecule has 0 aliphatic carbocycles. The third-order valence-corrected chi connectivity index (χ3v) is 4.26. The minimum atomic E-state index is 0.0865. The van der Waals surface area contributed by atoms with Gasteiger partial charge in [0.2, 0.25) is 0 Å². The molecule has 25 heavy (non-hydrogen) atoms. The monoisotopic (exact) mass is 338 g/mol. The van der Waals surface area contributed by atoms with Crippen molar-refractivity contribution in [3.05, 3.63) is 36.2 Å². The highest BCUT2D eigenvalue weighted by Crippen LogP contribution is 2.32. The van der Waals surface area contributed by atoms with Gasteiger partial charge in [-0.3, -0.25) is 9.98 Å². The van der Waals surface area contributed by atoms with Gasteiger partial charge >= 0.3 is 0 Å². The van der Waals surface area contributed by atoms with Gasteiger partial charge in [-0.05, 0) is 26.0 Å². The number of hydrogen-bond donors (Lipinski definition) is 0. The number of nitrogens with zero attached hydrogens (tertiary/aromatic N) is 4. The lowest BCUT2D eigenvalue weighted by Crippen LogP contribution is -2.36. The molecule has 0 spiro atoms. The lowest BCUT2D eigenvalue weighted by Gasteiger charge is -2.28. The van der Waals surface area contributed by atoms with Crippen molar-refractivity contribution in [3.8, 4) is 5.75 Å². The molecule has 6 nitrogen and oxygen atoms in total. The summed E-state index contributed by atoms with van der Waals surface area (Å²) < 4.78 is 11.6. The van der Waals surface area contributed by atoms with Crippen molar-refractivity contribution in [2.45, 2.75) is 20.0 Å². The van der Waals surface area contributed by atoms with Crippen LogP contribution in [0.2, 0.25) is 0 Å². The fourth-order valence-corrected chi connectivity index (χ4v) is 3.12. The summed E-state index contributed by atoms with van der Waals surface area (Å²) in [6.07, 6.45) is 5.93. The molecule has 2 aliphatic heterocycles. The maximum atomic E-state index is 6.09. The molecule has 2 aromatic rings. The van der Waals surface area contributed by atoms with Crippen molar-refractivity contribution in [2.24, 2.45) is 4.99 Å². The van der Waals surface area contributed by atoms with Gasteiger partial charge < -0.3 is 14.4 Å². The quantitative estimate of drug-likeness (QED) is 0.858. The zero-order valence-corrected chi connectivity index (χ0v) is 14.6. The summed E-state index contributed by atoms with van der Waals surface area (Å²) in [7, 11) is 0. The van der Waals surface area contributed by atoms with E-state index in [1.54, 1.807) is 6.20 Å². The standard InChI is InChI=1S/C19H22N4O2/c1-13(2)25-16-12-17(23-8-10-24-11-9-23)22-18-14(16)5-7-21-19(18)15-4-3-6-20-15/h3-5,7,12-13H,6,8-11H2,1-2H3. The van der Waals surface area contributed by atoms with E-state index in [4.69, 9.17) is 14.5 Å². The zero-order valence-electron chi connectivity index (χ0n) is 14.6. The van der Waals surface area contributed by atoms with E-state index in [-0.39, 0.29) is 6.10 Å². The fourth-order valence-electron chi connectivity index (χ4n) is 3.12. The number of allylic oxidation sites excluding steroid dienone is 1. The van der Waals surface area contributed by atoms with Crippen LogP contribution in [0.15, 0.2) is 35.5 Å². The Morgan fingerprint density at radius 2 is 2.08 bits per heavy atom. The van der Waals surface area contributed by atoms with E-state index in [1.165, 1.54) is 0 Å². The smallest absolute Gasteiger partial charge is 0.133 e. The molecule has 0 N–H and O–H groups in total. The third kappa shape index (κ3) is 3.22. The van der Waals surface area contributed by atoms with Gasteiger partial charge in [0.1, 0.15) is 22.8 Å². The molecular weight excluding hydrogens is 316 g/mol. The first-order chi connectivity index (χ1) is 12.2. The van der Waals surface area contributed by atoms with Crippen molar-refractivity contribution in [2.75, 3.05) is 37.7 Å². The molecule has 1 fully saturated rings. The molecule has 130 valence electrons. The Hall–Kier alpha value is -2.47. The molecular formula is C19H22N4O2. The number of rotatable bonds is 4. The minimum Gasteiger partial charge on any atom is -0.490 e. The molecule has 0 unspecified atom stereocenters. The first-order valence-corrected chi connectivity index (χ1v) is 8.73. The Balaban J connectivity index is 1.88. The molecule has 0 radical (unpaired) electrons. The molecule has 0 amide bonds. The number of ether oxygens (including phenoxy) is 2. The van der Waals surface area contributed by atoms with E-state index in [2.05, 4.69) is 14.9 Å². The summed E-state index contributed by atoms with van der Waals surface area (Å²) in [6, 6.07) is 4.00. The first-order valence-electron chi connectivity index (χ1n) is 8.73. The van der Waals surface area contributed by atoms with Gasteiger partial charge in [0.15, 0.2) is 0 Å². The van der Waals surface area contributed by atoms with E-state index in [0.29, 0.717) is 6.54 Å². The second-order valence-electron chi connectivity index (χ2n) is 6.43. The Kier molecular flexibility index (Phi) is 4.36. The predicted octanol–water partition coefficient (Wildman–Crippen LogP) is 2.61. The minimum absolute atomic E-state index is 0.0865. The van der Waals surface area contributed by atoms with Crippen LogP contribution in [-0.4, -0.2) is 54.6 Å². The normalized spacial score (nSPS) is 17.4. The average Bonchev–Trinajstić information content (AvgIpc) is 3.16. The second-order valence-corrected chi connectivity index (χ2v) is 6.43. The molecule has 1 saturated heterocycles. The Morgan fingerprint density at radius 3 is 2.80 bits per heavy atom. The Morgan fingerprint density at radius 1 is 1.24 bits per heavy atom. The number of pyridine rings is 2. The van der Waals surface area contributed by atoms with Crippen molar-refractivity contribution < 1.29 is 9.47 Å². The SMILES string of the molecule is CC(C)Oc1cc(N2CCOCC2)nc2c(C3=NCC=C3)nccc12. The van der Waals surface area contributed by atoms with E-state index < -0.39 is 0 Å². The first kappa shape index (κ1) is 16.0. The summed E-state index contributed by atoms with van der Waals surface area (Å²) in [5.41, 5.74) is 2.54. The topological polar surface area (TPSA) is 59.8 Å². The van der Waals surface area contributed by atoms with Gasteiger partial charge in [-0.2, -0.15) is 0 Å². The number of hydrogen-bond acceptors (Lipinski definition) is 6. The van der Waals surface area contributed by atoms with Crippen LogP contribution in [0.1, 0.15) is 19.5 Å². The molecule has 4 rings (SSSR count). The van der Waals surface area contributed by atoms with Crippen LogP contribution in [0, 0.1) is 0 Å². The van der Waals surface area contributed by atoms with Crippen LogP contribution >= 0.6 is 0 Å². The molecule has 0 saturated carbocycles. The van der Waals surface area contributed by atoms with E-state index in [9.17, 15) is 0 Å². The van der Waals surface area contributed by atoms with Crippen LogP contribution in [0.5, 0.6) is 5.75 Å². The summed E-state index contributed by atoms with van der Waals surface area (Å²) >= 11 is 0. The van der Waals surface area contributed by atoms with E-state index in [0.717, 1.165) is 60.2 Å². The average molecular weight is 338 g/mol. The number of aliphatic imine (C=N–C) groups is 1. The predicted molar refractivity (Wildman–Crippen MR) is 98.9 cm³/mol. The van der Waals surface area contributed by atoms with E-state index in [1.807, 2.05) is 38.1 Å². The Bertz CT molecular complexity index is 839. The summed E-state index contributed by atoms with van der Waals surface area (Å²) in [5.74, 6) is 1.75. The largest absolute Gasteiger partial charge is 0.490 e. The van der Waals surface area contributed by atoms with Gasteiger partial charge in [-0.25, -0.2) is 4.98 Å². The summed E-state index contributed by atoms with van der Waals surface area (Å²) in [6.45, 7) is 7.86. The van der Waals surface area contributed by atoms with Crippen molar-refractivity contribution >= 4 is 22.4 Å². The zero-order chi connectivity index (χ0) is 17.2. The van der Waals surface area contributed by atoms with Crippen molar-refractivity contribution in [1.29, 1.82) is 0 Å². The number of morpholine rings is 1. The molecule has 2 aromatic heterocycles. The molecule has 2 aliphatic rings. The van der Waals surface area contributed by atoms with Crippen LogP contribution in [0.3, 0.4) is 0 Å². The highest BCUT2D eigenvalue weighted by molar-refractivity contribution is 6.15. The van der Waals surface area contributed by atoms with Crippen molar-refractivity contribution in [1.82, 2.24) is 9.97 Å². The second kappa shape index (κ2) is 6.80. The van der Waals surface area contributed by atoms with Gasteiger partial charge in [0, 0.05) is 30.7 Å². The molecule has 4 heterocycles. The van der Waals surface area contributed by atoms with Crippen LogP contribution in [0.25, 0.3) is 10.9 Å². The molecule has 6 heteroatoms. The maximum Gasteiger partial charge on any atom is 0.133 e. The molecule has 0 aromatic carbocycles. The molecule has 0 atom stereocenters.